The molecular weight excluding hydrogens is 334 g/mol. The first-order valence-corrected chi connectivity index (χ1v) is 8.37. The highest BCUT2D eigenvalue weighted by molar-refractivity contribution is 7.13. The van der Waals surface area contributed by atoms with Crippen LogP contribution in [0.1, 0.15) is 34.2 Å². The lowest BCUT2D eigenvalue weighted by Crippen LogP contribution is -2.48. The number of benzene rings is 1. The molecule has 0 radical (unpaired) electrons. The third-order valence-corrected chi connectivity index (χ3v) is 4.57. The minimum Gasteiger partial charge on any atom is -0.486 e. The molecule has 0 saturated heterocycles. The molecule has 0 saturated carbocycles. The fourth-order valence-electron chi connectivity index (χ4n) is 1.82. The van der Waals surface area contributed by atoms with Crippen molar-refractivity contribution in [3.63, 3.8) is 0 Å². The Morgan fingerprint density at radius 1 is 1.39 bits per heavy atom. The van der Waals surface area contributed by atoms with Gasteiger partial charge in [0.2, 0.25) is 0 Å². The second-order valence-electron chi connectivity index (χ2n) is 5.81. The zero-order chi connectivity index (χ0) is 17.0. The van der Waals surface area contributed by atoms with Gasteiger partial charge < -0.3 is 15.8 Å². The number of rotatable bonds is 6. The molecular formula is C16H20ClN3O2S. The minimum atomic E-state index is -0.451. The summed E-state index contributed by atoms with van der Waals surface area (Å²) in [4.78, 5) is 17.3. The molecule has 0 aliphatic rings. The van der Waals surface area contributed by atoms with Crippen LogP contribution in [0.15, 0.2) is 24.3 Å². The van der Waals surface area contributed by atoms with Crippen molar-refractivity contribution in [3.8, 4) is 5.75 Å². The minimum absolute atomic E-state index is 0.159. The molecule has 0 spiro atoms. The molecule has 5 nitrogen and oxygen atoms in total. The number of hydrogen-bond donors (Lipinski definition) is 2. The molecule has 23 heavy (non-hydrogen) atoms. The molecule has 1 aromatic heterocycles. The van der Waals surface area contributed by atoms with E-state index in [0.717, 1.165) is 5.01 Å². The van der Waals surface area contributed by atoms with Crippen molar-refractivity contribution < 1.29 is 9.53 Å². The molecule has 1 heterocycles. The summed E-state index contributed by atoms with van der Waals surface area (Å²) in [5.41, 5.74) is 5.88. The summed E-state index contributed by atoms with van der Waals surface area (Å²) in [6, 6.07) is 7.11. The molecule has 7 heteroatoms. The maximum absolute atomic E-state index is 12.3. The SMILES string of the molecule is Cc1nc(COc2ccc(Cl)cc2)sc1C(=O)NC(C)(C)CN. The van der Waals surface area contributed by atoms with Gasteiger partial charge in [-0.05, 0) is 45.0 Å². The molecule has 2 rings (SSSR count). The highest BCUT2D eigenvalue weighted by Gasteiger charge is 2.22. The van der Waals surface area contributed by atoms with Gasteiger partial charge in [-0.3, -0.25) is 4.79 Å². The summed E-state index contributed by atoms with van der Waals surface area (Å²) in [7, 11) is 0. The molecule has 0 unspecified atom stereocenters. The number of halogens is 1. The fourth-order valence-corrected chi connectivity index (χ4v) is 2.81. The molecule has 0 bridgehead atoms. The third-order valence-electron chi connectivity index (χ3n) is 3.19. The van der Waals surface area contributed by atoms with Gasteiger partial charge in [0.15, 0.2) is 0 Å². The number of hydrogen-bond acceptors (Lipinski definition) is 5. The van der Waals surface area contributed by atoms with E-state index in [2.05, 4.69) is 10.3 Å². The summed E-state index contributed by atoms with van der Waals surface area (Å²) < 4.78 is 5.65. The number of nitrogens with one attached hydrogen (secondary N) is 1. The molecule has 0 aliphatic heterocycles. The Kier molecular flexibility index (Phi) is 5.62. The van der Waals surface area contributed by atoms with Crippen LogP contribution >= 0.6 is 22.9 Å². The topological polar surface area (TPSA) is 77.2 Å². The fraction of sp³-hybridized carbons (Fsp3) is 0.375. The Balaban J connectivity index is 2.03. The van der Waals surface area contributed by atoms with Crippen molar-refractivity contribution in [1.29, 1.82) is 0 Å². The van der Waals surface area contributed by atoms with Gasteiger partial charge in [0, 0.05) is 17.1 Å². The van der Waals surface area contributed by atoms with Gasteiger partial charge in [-0.1, -0.05) is 11.6 Å². The molecule has 1 amide bonds. The predicted octanol–water partition coefficient (Wildman–Crippen LogP) is 3.15. The number of nitrogens with zero attached hydrogens (tertiary/aromatic N) is 1. The Hall–Kier alpha value is -1.63. The summed E-state index contributed by atoms with van der Waals surface area (Å²) in [5.74, 6) is 0.547. The number of carbonyl (C=O) groups excluding carboxylic acids is 1. The monoisotopic (exact) mass is 353 g/mol. The number of aryl methyl sites for hydroxylation is 1. The van der Waals surface area contributed by atoms with E-state index < -0.39 is 5.54 Å². The van der Waals surface area contributed by atoms with Crippen LogP contribution in [0.2, 0.25) is 5.02 Å². The second kappa shape index (κ2) is 7.29. The molecule has 3 N–H and O–H groups in total. The van der Waals surface area contributed by atoms with E-state index in [1.165, 1.54) is 11.3 Å². The van der Waals surface area contributed by atoms with Crippen molar-refractivity contribution in [2.75, 3.05) is 6.54 Å². The Labute approximate surface area is 144 Å². The number of aromatic nitrogens is 1. The van der Waals surface area contributed by atoms with E-state index in [-0.39, 0.29) is 5.91 Å². The van der Waals surface area contributed by atoms with Gasteiger partial charge in [0.05, 0.1) is 5.69 Å². The van der Waals surface area contributed by atoms with E-state index in [1.807, 2.05) is 20.8 Å². The Morgan fingerprint density at radius 3 is 2.65 bits per heavy atom. The van der Waals surface area contributed by atoms with E-state index in [1.54, 1.807) is 24.3 Å². The van der Waals surface area contributed by atoms with Gasteiger partial charge in [-0.25, -0.2) is 4.98 Å². The van der Waals surface area contributed by atoms with Crippen LogP contribution in [-0.2, 0) is 6.61 Å². The van der Waals surface area contributed by atoms with Crippen molar-refractivity contribution >= 4 is 28.8 Å². The van der Waals surface area contributed by atoms with E-state index in [9.17, 15) is 4.79 Å². The van der Waals surface area contributed by atoms with Crippen LogP contribution < -0.4 is 15.8 Å². The van der Waals surface area contributed by atoms with Gasteiger partial charge in [-0.2, -0.15) is 0 Å². The molecule has 0 atom stereocenters. The maximum Gasteiger partial charge on any atom is 0.263 e. The maximum atomic E-state index is 12.3. The van der Waals surface area contributed by atoms with E-state index >= 15 is 0 Å². The van der Waals surface area contributed by atoms with Gasteiger partial charge in [0.1, 0.15) is 22.2 Å². The standard InChI is InChI=1S/C16H20ClN3O2S/c1-10-14(15(21)20-16(2,3)9-18)23-13(19-10)8-22-12-6-4-11(17)5-7-12/h4-7H,8-9,18H2,1-3H3,(H,20,21). The molecule has 2 aromatic rings. The lowest BCUT2D eigenvalue weighted by molar-refractivity contribution is 0.0919. The van der Waals surface area contributed by atoms with Gasteiger partial charge >= 0.3 is 0 Å². The number of thiazole rings is 1. The van der Waals surface area contributed by atoms with Crippen LogP contribution in [-0.4, -0.2) is 23.0 Å². The Bertz CT molecular complexity index is 683. The number of ether oxygens (including phenoxy) is 1. The summed E-state index contributed by atoms with van der Waals surface area (Å²) >= 11 is 7.16. The smallest absolute Gasteiger partial charge is 0.263 e. The van der Waals surface area contributed by atoms with Crippen molar-refractivity contribution in [2.24, 2.45) is 5.73 Å². The normalized spacial score (nSPS) is 11.3. The van der Waals surface area contributed by atoms with Crippen molar-refractivity contribution in [2.45, 2.75) is 32.9 Å². The zero-order valence-electron chi connectivity index (χ0n) is 13.4. The largest absolute Gasteiger partial charge is 0.486 e. The van der Waals surface area contributed by atoms with Crippen LogP contribution in [0.3, 0.4) is 0 Å². The predicted molar refractivity (Wildman–Crippen MR) is 93.2 cm³/mol. The first-order chi connectivity index (χ1) is 10.8. The lowest BCUT2D eigenvalue weighted by Gasteiger charge is -2.23. The molecule has 0 aliphatic carbocycles. The molecule has 1 aromatic carbocycles. The van der Waals surface area contributed by atoms with Crippen LogP contribution in [0.25, 0.3) is 0 Å². The Morgan fingerprint density at radius 2 is 2.04 bits per heavy atom. The summed E-state index contributed by atoms with van der Waals surface area (Å²) in [5, 5.41) is 4.31. The lowest BCUT2D eigenvalue weighted by atomic mass is 10.1. The van der Waals surface area contributed by atoms with Crippen LogP contribution in [0.5, 0.6) is 5.75 Å². The second-order valence-corrected chi connectivity index (χ2v) is 7.33. The van der Waals surface area contributed by atoms with Gasteiger partial charge in [-0.15, -0.1) is 11.3 Å². The highest BCUT2D eigenvalue weighted by Crippen LogP contribution is 2.22. The highest BCUT2D eigenvalue weighted by atomic mass is 35.5. The first-order valence-electron chi connectivity index (χ1n) is 7.18. The summed E-state index contributed by atoms with van der Waals surface area (Å²) in [6.45, 7) is 6.24. The first kappa shape index (κ1) is 17.7. The average molecular weight is 354 g/mol. The molecule has 124 valence electrons. The number of nitrogens with two attached hydrogens (primary N) is 1. The third kappa shape index (κ3) is 4.92. The van der Waals surface area contributed by atoms with Gasteiger partial charge in [0.25, 0.3) is 5.91 Å². The summed E-state index contributed by atoms with van der Waals surface area (Å²) in [6.07, 6.45) is 0. The van der Waals surface area contributed by atoms with Crippen LogP contribution in [0, 0.1) is 6.92 Å². The van der Waals surface area contributed by atoms with Crippen LogP contribution in [0.4, 0.5) is 0 Å². The van der Waals surface area contributed by atoms with Crippen molar-refractivity contribution in [1.82, 2.24) is 10.3 Å². The van der Waals surface area contributed by atoms with E-state index in [0.29, 0.717) is 34.5 Å². The molecule has 0 fully saturated rings. The quantitative estimate of drug-likeness (QED) is 0.836. The number of amides is 1. The average Bonchev–Trinajstić information content (AvgIpc) is 2.87. The number of carbonyl (C=O) groups is 1. The zero-order valence-corrected chi connectivity index (χ0v) is 14.9. The van der Waals surface area contributed by atoms with E-state index in [4.69, 9.17) is 22.1 Å². The van der Waals surface area contributed by atoms with Crippen molar-refractivity contribution in [3.05, 3.63) is 44.9 Å².